The van der Waals surface area contributed by atoms with Gasteiger partial charge < -0.3 is 0 Å². The Bertz CT molecular complexity index is 538. The van der Waals surface area contributed by atoms with Crippen LogP contribution >= 0.6 is 0 Å². The minimum Gasteiger partial charge on any atom is -0.294 e. The van der Waals surface area contributed by atoms with Crippen LogP contribution in [0.2, 0.25) is 0 Å². The van der Waals surface area contributed by atoms with Gasteiger partial charge in [-0.05, 0) is 18.6 Å². The average molecular weight is 208 g/mol. The maximum Gasteiger partial charge on any atom is 0.201 e. The summed E-state index contributed by atoms with van der Waals surface area (Å²) >= 11 is 0. The molecule has 0 aliphatic carbocycles. The topological polar surface area (TPSA) is 51.2 Å². The van der Waals surface area contributed by atoms with Crippen molar-refractivity contribution in [1.82, 2.24) is 0 Å². The molecule has 0 bridgehead atoms. The zero-order chi connectivity index (χ0) is 10.3. The lowest BCUT2D eigenvalue weighted by Crippen LogP contribution is -2.03. The van der Waals surface area contributed by atoms with E-state index in [4.69, 9.17) is 0 Å². The van der Waals surface area contributed by atoms with E-state index in [9.17, 15) is 13.2 Å². The van der Waals surface area contributed by atoms with Gasteiger partial charge in [0.05, 0.1) is 4.90 Å². The van der Waals surface area contributed by atoms with Gasteiger partial charge in [-0.15, -0.1) is 0 Å². The molecular formula is C10H8O3S. The molecule has 0 aromatic heterocycles. The number of rotatable bonds is 1. The number of carbonyl (C=O) groups is 1. The van der Waals surface area contributed by atoms with Gasteiger partial charge in [-0.25, -0.2) is 8.42 Å². The molecule has 1 aromatic carbocycles. The first-order chi connectivity index (χ1) is 6.52. The lowest BCUT2D eigenvalue weighted by molar-refractivity contribution is 0.101. The number of sulfone groups is 1. The molecule has 0 N–H and O–H groups in total. The minimum absolute atomic E-state index is 0.146. The minimum atomic E-state index is -3.38. The molecule has 1 aromatic rings. The highest BCUT2D eigenvalue weighted by molar-refractivity contribution is 7.95. The standard InChI is InChI=1S/C10H8O3S/c1-7(11)9-4-2-3-8-5-6-14(12,13)10(8)9/h2-6H,1H3. The summed E-state index contributed by atoms with van der Waals surface area (Å²) in [6.45, 7) is 1.36. The summed E-state index contributed by atoms with van der Waals surface area (Å²) in [4.78, 5) is 11.3. The van der Waals surface area contributed by atoms with Crippen molar-refractivity contribution in [2.24, 2.45) is 0 Å². The molecule has 1 aliphatic heterocycles. The monoisotopic (exact) mass is 208 g/mol. The quantitative estimate of drug-likeness (QED) is 0.659. The molecular weight excluding hydrogens is 200 g/mol. The molecule has 0 radical (unpaired) electrons. The number of hydrogen-bond donors (Lipinski definition) is 0. The highest BCUT2D eigenvalue weighted by atomic mass is 32.2. The Morgan fingerprint density at radius 3 is 2.64 bits per heavy atom. The molecule has 0 amide bonds. The first-order valence-corrected chi connectivity index (χ1v) is 5.64. The van der Waals surface area contributed by atoms with Gasteiger partial charge in [0, 0.05) is 11.0 Å². The van der Waals surface area contributed by atoms with Crippen LogP contribution in [0.4, 0.5) is 0 Å². The average Bonchev–Trinajstić information content (AvgIpc) is 2.43. The number of benzene rings is 1. The predicted molar refractivity (Wildman–Crippen MR) is 52.7 cm³/mol. The van der Waals surface area contributed by atoms with E-state index in [1.54, 1.807) is 12.1 Å². The lowest BCUT2D eigenvalue weighted by atomic mass is 10.1. The third-order valence-electron chi connectivity index (χ3n) is 2.14. The highest BCUT2D eigenvalue weighted by Crippen LogP contribution is 2.29. The van der Waals surface area contributed by atoms with Crippen LogP contribution in [0.1, 0.15) is 22.8 Å². The number of fused-ring (bicyclic) bond motifs is 1. The van der Waals surface area contributed by atoms with Crippen molar-refractivity contribution < 1.29 is 13.2 Å². The maximum atomic E-state index is 11.5. The van der Waals surface area contributed by atoms with E-state index in [1.165, 1.54) is 19.1 Å². The zero-order valence-electron chi connectivity index (χ0n) is 7.52. The molecule has 72 valence electrons. The van der Waals surface area contributed by atoms with Gasteiger partial charge in [0.25, 0.3) is 0 Å². The highest BCUT2D eigenvalue weighted by Gasteiger charge is 2.25. The molecule has 1 aliphatic rings. The fourth-order valence-corrected chi connectivity index (χ4v) is 2.96. The van der Waals surface area contributed by atoms with Gasteiger partial charge in [-0.3, -0.25) is 4.79 Å². The van der Waals surface area contributed by atoms with Crippen LogP contribution in [0.25, 0.3) is 6.08 Å². The summed E-state index contributed by atoms with van der Waals surface area (Å²) < 4.78 is 23.1. The van der Waals surface area contributed by atoms with E-state index in [1.807, 2.05) is 0 Å². The summed E-state index contributed by atoms with van der Waals surface area (Å²) in [6, 6.07) is 4.90. The molecule has 0 unspecified atom stereocenters. The Labute approximate surface area is 82.0 Å². The van der Waals surface area contributed by atoms with Gasteiger partial charge in [-0.2, -0.15) is 0 Å². The van der Waals surface area contributed by atoms with Crippen molar-refractivity contribution in [2.45, 2.75) is 11.8 Å². The molecule has 14 heavy (non-hydrogen) atoms. The van der Waals surface area contributed by atoms with Crippen LogP contribution in [0.15, 0.2) is 28.5 Å². The zero-order valence-corrected chi connectivity index (χ0v) is 8.34. The van der Waals surface area contributed by atoms with Gasteiger partial charge >= 0.3 is 0 Å². The smallest absolute Gasteiger partial charge is 0.201 e. The Balaban J connectivity index is 2.84. The van der Waals surface area contributed by atoms with Gasteiger partial charge in [0.2, 0.25) is 9.84 Å². The van der Waals surface area contributed by atoms with E-state index in [-0.39, 0.29) is 16.2 Å². The second kappa shape index (κ2) is 2.78. The summed E-state index contributed by atoms with van der Waals surface area (Å²) in [6.07, 6.45) is 1.51. The Morgan fingerprint density at radius 1 is 1.29 bits per heavy atom. The Morgan fingerprint density at radius 2 is 2.00 bits per heavy atom. The van der Waals surface area contributed by atoms with Gasteiger partial charge in [-0.1, -0.05) is 18.2 Å². The normalized spacial score (nSPS) is 16.6. The molecule has 0 saturated heterocycles. The van der Waals surface area contributed by atoms with Crippen LogP contribution in [-0.2, 0) is 9.84 Å². The van der Waals surface area contributed by atoms with E-state index < -0.39 is 9.84 Å². The van der Waals surface area contributed by atoms with Crippen molar-refractivity contribution >= 4 is 21.7 Å². The third-order valence-corrected chi connectivity index (χ3v) is 3.66. The molecule has 1 heterocycles. The predicted octanol–water partition coefficient (Wildman–Crippen LogP) is 1.65. The summed E-state index contributed by atoms with van der Waals surface area (Å²) in [5.74, 6) is -0.228. The summed E-state index contributed by atoms with van der Waals surface area (Å²) in [5, 5.41) is 1.13. The second-order valence-electron chi connectivity index (χ2n) is 3.13. The van der Waals surface area contributed by atoms with Crippen molar-refractivity contribution in [3.63, 3.8) is 0 Å². The van der Waals surface area contributed by atoms with E-state index in [2.05, 4.69) is 0 Å². The van der Waals surface area contributed by atoms with E-state index >= 15 is 0 Å². The molecule has 4 heteroatoms. The fraction of sp³-hybridized carbons (Fsp3) is 0.100. The third kappa shape index (κ3) is 1.19. The Hall–Kier alpha value is -1.42. The van der Waals surface area contributed by atoms with E-state index in [0.717, 1.165) is 5.41 Å². The number of Topliss-reactive ketones (excluding diaryl/α,β-unsaturated/α-hetero) is 1. The molecule has 0 atom stereocenters. The van der Waals surface area contributed by atoms with Gasteiger partial charge in [0.1, 0.15) is 0 Å². The first kappa shape index (κ1) is 9.15. The summed E-state index contributed by atoms with van der Waals surface area (Å²) in [7, 11) is -3.38. The second-order valence-corrected chi connectivity index (χ2v) is 4.90. The van der Waals surface area contributed by atoms with Crippen molar-refractivity contribution in [1.29, 1.82) is 0 Å². The summed E-state index contributed by atoms with van der Waals surface area (Å²) in [5.41, 5.74) is 0.866. The number of ketones is 1. The fourth-order valence-electron chi connectivity index (χ4n) is 1.51. The number of carbonyl (C=O) groups excluding carboxylic acids is 1. The largest absolute Gasteiger partial charge is 0.294 e. The van der Waals surface area contributed by atoms with Crippen molar-refractivity contribution in [3.8, 4) is 0 Å². The molecule has 0 saturated carbocycles. The van der Waals surface area contributed by atoms with Crippen LogP contribution < -0.4 is 0 Å². The molecule has 3 nitrogen and oxygen atoms in total. The van der Waals surface area contributed by atoms with Crippen LogP contribution in [0.5, 0.6) is 0 Å². The first-order valence-electron chi connectivity index (χ1n) is 4.09. The lowest BCUT2D eigenvalue weighted by Gasteiger charge is -2.03. The van der Waals surface area contributed by atoms with E-state index in [0.29, 0.717) is 5.56 Å². The van der Waals surface area contributed by atoms with Crippen LogP contribution in [-0.4, -0.2) is 14.2 Å². The van der Waals surface area contributed by atoms with Gasteiger partial charge in [0.15, 0.2) is 5.78 Å². The molecule has 0 fully saturated rings. The molecule has 2 rings (SSSR count). The Kier molecular flexibility index (Phi) is 1.82. The maximum absolute atomic E-state index is 11.5. The molecule has 0 spiro atoms. The number of hydrogen-bond acceptors (Lipinski definition) is 3. The van der Waals surface area contributed by atoms with Crippen LogP contribution in [0.3, 0.4) is 0 Å². The van der Waals surface area contributed by atoms with Crippen molar-refractivity contribution in [3.05, 3.63) is 34.7 Å². The van der Waals surface area contributed by atoms with Crippen molar-refractivity contribution in [2.75, 3.05) is 0 Å². The SMILES string of the molecule is CC(=O)c1cccc2c1S(=O)(=O)C=C2. The van der Waals surface area contributed by atoms with Crippen LogP contribution in [0, 0.1) is 0 Å².